The summed E-state index contributed by atoms with van der Waals surface area (Å²) in [6.07, 6.45) is 0. The zero-order valence-electron chi connectivity index (χ0n) is 10.9. The molecule has 0 radical (unpaired) electrons. The Bertz CT molecular complexity index is 363. The van der Waals surface area contributed by atoms with E-state index in [9.17, 15) is 8.78 Å². The average molecular weight is 241 g/mol. The maximum atomic E-state index is 13.1. The molecule has 0 fully saturated rings. The van der Waals surface area contributed by atoms with E-state index in [2.05, 4.69) is 26.1 Å². The number of nitrogens with one attached hydrogen (secondary N) is 1. The van der Waals surface area contributed by atoms with Crippen molar-refractivity contribution in [2.24, 2.45) is 5.92 Å². The van der Waals surface area contributed by atoms with Crippen molar-refractivity contribution in [1.29, 1.82) is 0 Å². The fraction of sp³-hybridized carbons (Fsp3) is 0.571. The second kappa shape index (κ2) is 6.10. The van der Waals surface area contributed by atoms with Crippen molar-refractivity contribution < 1.29 is 8.78 Å². The van der Waals surface area contributed by atoms with Crippen molar-refractivity contribution in [3.05, 3.63) is 35.4 Å². The molecule has 0 aromatic heterocycles. The van der Waals surface area contributed by atoms with E-state index in [0.717, 1.165) is 12.1 Å². The van der Waals surface area contributed by atoms with Gasteiger partial charge in [-0.2, -0.15) is 0 Å². The van der Waals surface area contributed by atoms with Crippen LogP contribution in [0, 0.1) is 17.6 Å². The second-order valence-electron chi connectivity index (χ2n) is 5.00. The van der Waals surface area contributed by atoms with E-state index < -0.39 is 11.6 Å². The molecular weight excluding hydrogens is 220 g/mol. The standard InChI is InChI=1S/C14H21F2N/c1-9(2)17-8-10(3)11(4)12-5-6-13(15)14(16)7-12/h5-7,9-11,17H,8H2,1-4H3. The maximum absolute atomic E-state index is 13.1. The Morgan fingerprint density at radius 1 is 1.06 bits per heavy atom. The van der Waals surface area contributed by atoms with Gasteiger partial charge in [0.1, 0.15) is 0 Å². The molecule has 0 saturated carbocycles. The largest absolute Gasteiger partial charge is 0.314 e. The SMILES string of the molecule is CC(C)NCC(C)C(C)c1ccc(F)c(F)c1. The van der Waals surface area contributed by atoms with Crippen LogP contribution in [-0.4, -0.2) is 12.6 Å². The summed E-state index contributed by atoms with van der Waals surface area (Å²) in [6.45, 7) is 9.21. The van der Waals surface area contributed by atoms with Crippen molar-refractivity contribution >= 4 is 0 Å². The third-order valence-corrected chi connectivity index (χ3v) is 3.17. The lowest BCUT2D eigenvalue weighted by atomic mass is 9.88. The highest BCUT2D eigenvalue weighted by atomic mass is 19.2. The van der Waals surface area contributed by atoms with Gasteiger partial charge in [-0.1, -0.05) is 33.8 Å². The maximum Gasteiger partial charge on any atom is 0.159 e. The van der Waals surface area contributed by atoms with Gasteiger partial charge in [0.2, 0.25) is 0 Å². The Morgan fingerprint density at radius 3 is 2.24 bits per heavy atom. The van der Waals surface area contributed by atoms with Crippen LogP contribution in [0.1, 0.15) is 39.2 Å². The van der Waals surface area contributed by atoms with Gasteiger partial charge in [0.25, 0.3) is 0 Å². The Kier molecular flexibility index (Phi) is 5.06. The molecule has 2 unspecified atom stereocenters. The fourth-order valence-electron chi connectivity index (χ4n) is 1.72. The van der Waals surface area contributed by atoms with Gasteiger partial charge >= 0.3 is 0 Å². The third kappa shape index (κ3) is 4.08. The number of hydrogen-bond acceptors (Lipinski definition) is 1. The van der Waals surface area contributed by atoms with Crippen LogP contribution in [0.3, 0.4) is 0 Å². The summed E-state index contributed by atoms with van der Waals surface area (Å²) in [7, 11) is 0. The minimum atomic E-state index is -0.783. The molecule has 0 spiro atoms. The molecule has 0 aliphatic heterocycles. The van der Waals surface area contributed by atoms with Crippen molar-refractivity contribution in [3.8, 4) is 0 Å². The molecule has 1 rings (SSSR count). The summed E-state index contributed by atoms with van der Waals surface area (Å²) < 4.78 is 26.0. The highest BCUT2D eigenvalue weighted by molar-refractivity contribution is 5.21. The van der Waals surface area contributed by atoms with Crippen LogP contribution in [-0.2, 0) is 0 Å². The monoisotopic (exact) mass is 241 g/mol. The normalized spacial score (nSPS) is 15.0. The van der Waals surface area contributed by atoms with Gasteiger partial charge in [-0.25, -0.2) is 8.78 Å². The van der Waals surface area contributed by atoms with Crippen LogP contribution in [0.5, 0.6) is 0 Å². The van der Waals surface area contributed by atoms with Gasteiger partial charge in [-0.3, -0.25) is 0 Å². The first-order valence-electron chi connectivity index (χ1n) is 6.10. The van der Waals surface area contributed by atoms with Gasteiger partial charge in [0.15, 0.2) is 11.6 Å². The summed E-state index contributed by atoms with van der Waals surface area (Å²) in [5.41, 5.74) is 0.849. The molecule has 0 bridgehead atoms. The van der Waals surface area contributed by atoms with E-state index in [0.29, 0.717) is 12.0 Å². The van der Waals surface area contributed by atoms with Gasteiger partial charge < -0.3 is 5.32 Å². The molecule has 1 nitrogen and oxygen atoms in total. The summed E-state index contributed by atoms with van der Waals surface area (Å²) in [5, 5.41) is 3.35. The molecule has 0 amide bonds. The van der Waals surface area contributed by atoms with Crippen LogP contribution in [0.2, 0.25) is 0 Å². The van der Waals surface area contributed by atoms with E-state index in [-0.39, 0.29) is 5.92 Å². The molecule has 17 heavy (non-hydrogen) atoms. The van der Waals surface area contributed by atoms with Crippen LogP contribution < -0.4 is 5.32 Å². The first-order valence-corrected chi connectivity index (χ1v) is 6.10. The highest BCUT2D eigenvalue weighted by Crippen LogP contribution is 2.25. The average Bonchev–Trinajstić information content (AvgIpc) is 2.28. The lowest BCUT2D eigenvalue weighted by Gasteiger charge is -2.22. The molecule has 2 atom stereocenters. The molecule has 3 heteroatoms. The van der Waals surface area contributed by atoms with Crippen molar-refractivity contribution in [3.63, 3.8) is 0 Å². The lowest BCUT2D eigenvalue weighted by Crippen LogP contribution is -2.29. The molecule has 1 aromatic rings. The van der Waals surface area contributed by atoms with Gasteiger partial charge in [0, 0.05) is 6.04 Å². The van der Waals surface area contributed by atoms with E-state index in [1.54, 1.807) is 6.07 Å². The van der Waals surface area contributed by atoms with Crippen LogP contribution >= 0.6 is 0 Å². The van der Waals surface area contributed by atoms with E-state index in [1.165, 1.54) is 12.1 Å². The van der Waals surface area contributed by atoms with Crippen LogP contribution in [0.4, 0.5) is 8.78 Å². The second-order valence-corrected chi connectivity index (χ2v) is 5.00. The first-order chi connectivity index (χ1) is 7.91. The Hall–Kier alpha value is -0.960. The molecule has 1 N–H and O–H groups in total. The number of rotatable bonds is 5. The summed E-state index contributed by atoms with van der Waals surface area (Å²) in [4.78, 5) is 0. The predicted molar refractivity (Wildman–Crippen MR) is 67.1 cm³/mol. The molecule has 0 aliphatic rings. The van der Waals surface area contributed by atoms with E-state index in [4.69, 9.17) is 0 Å². The summed E-state index contributed by atoms with van der Waals surface area (Å²) >= 11 is 0. The van der Waals surface area contributed by atoms with E-state index in [1.807, 2.05) is 6.92 Å². The number of hydrogen-bond donors (Lipinski definition) is 1. The summed E-state index contributed by atoms with van der Waals surface area (Å²) in [5.74, 6) is -0.967. The van der Waals surface area contributed by atoms with Crippen molar-refractivity contribution in [2.45, 2.75) is 39.7 Å². The van der Waals surface area contributed by atoms with Crippen LogP contribution in [0.15, 0.2) is 18.2 Å². The molecule has 1 aromatic carbocycles. The summed E-state index contributed by atoms with van der Waals surface area (Å²) in [6, 6.07) is 4.60. The highest BCUT2D eigenvalue weighted by Gasteiger charge is 2.16. The Labute approximate surface area is 102 Å². The van der Waals surface area contributed by atoms with Crippen molar-refractivity contribution in [1.82, 2.24) is 5.32 Å². The van der Waals surface area contributed by atoms with Crippen molar-refractivity contribution in [2.75, 3.05) is 6.54 Å². The first kappa shape index (κ1) is 14.1. The molecular formula is C14H21F2N. The number of halogens is 2. The Morgan fingerprint density at radius 2 is 1.71 bits per heavy atom. The Balaban J connectivity index is 2.67. The quantitative estimate of drug-likeness (QED) is 0.828. The number of benzene rings is 1. The topological polar surface area (TPSA) is 12.0 Å². The molecule has 0 aliphatic carbocycles. The van der Waals surface area contributed by atoms with Gasteiger partial charge in [-0.15, -0.1) is 0 Å². The minimum Gasteiger partial charge on any atom is -0.314 e. The van der Waals surface area contributed by atoms with E-state index >= 15 is 0 Å². The van der Waals surface area contributed by atoms with Gasteiger partial charge in [-0.05, 0) is 36.1 Å². The predicted octanol–water partition coefficient (Wildman–Crippen LogP) is 3.70. The van der Waals surface area contributed by atoms with Crippen LogP contribution in [0.25, 0.3) is 0 Å². The molecule has 96 valence electrons. The zero-order chi connectivity index (χ0) is 13.0. The fourth-order valence-corrected chi connectivity index (χ4v) is 1.72. The lowest BCUT2D eigenvalue weighted by molar-refractivity contribution is 0.423. The third-order valence-electron chi connectivity index (χ3n) is 3.17. The minimum absolute atomic E-state index is 0.205. The van der Waals surface area contributed by atoms with Gasteiger partial charge in [0.05, 0.1) is 0 Å². The zero-order valence-corrected chi connectivity index (χ0v) is 10.9. The molecule has 0 saturated heterocycles. The molecule has 0 heterocycles. The smallest absolute Gasteiger partial charge is 0.159 e.